The van der Waals surface area contributed by atoms with Gasteiger partial charge in [-0.1, -0.05) is 6.07 Å². The normalized spacial score (nSPS) is 10.6. The molecule has 3 aromatic rings. The summed E-state index contributed by atoms with van der Waals surface area (Å²) in [5.74, 6) is 0.597. The molecule has 0 aliphatic rings. The third kappa shape index (κ3) is 2.96. The minimum absolute atomic E-state index is 0.0558. The average molecular weight is 313 g/mol. The molecular formula is C14H11N5O2S. The molecule has 22 heavy (non-hydrogen) atoms. The molecule has 0 spiro atoms. The van der Waals surface area contributed by atoms with Gasteiger partial charge in [-0.3, -0.25) is 20.2 Å². The van der Waals surface area contributed by atoms with Gasteiger partial charge in [0.15, 0.2) is 5.82 Å². The van der Waals surface area contributed by atoms with Crippen molar-refractivity contribution in [2.24, 2.45) is 0 Å². The Morgan fingerprint density at radius 2 is 2.00 bits per heavy atom. The molecule has 0 bridgehead atoms. The predicted molar refractivity (Wildman–Crippen MR) is 81.6 cm³/mol. The summed E-state index contributed by atoms with van der Waals surface area (Å²) < 4.78 is 0. The lowest BCUT2D eigenvalue weighted by molar-refractivity contribution is -0.387. The number of nitro groups is 1. The first-order valence-electron chi connectivity index (χ1n) is 6.39. The van der Waals surface area contributed by atoms with Crippen LogP contribution in [0.1, 0.15) is 5.56 Å². The zero-order chi connectivity index (χ0) is 15.5. The van der Waals surface area contributed by atoms with Crippen molar-refractivity contribution in [1.82, 2.24) is 20.2 Å². The van der Waals surface area contributed by atoms with Gasteiger partial charge in [-0.05, 0) is 42.4 Å². The van der Waals surface area contributed by atoms with E-state index >= 15 is 0 Å². The molecule has 2 aromatic heterocycles. The van der Waals surface area contributed by atoms with Crippen molar-refractivity contribution >= 4 is 17.4 Å². The summed E-state index contributed by atoms with van der Waals surface area (Å²) in [5.41, 5.74) is 1.75. The second-order valence-corrected chi connectivity index (χ2v) is 5.54. The molecule has 3 rings (SSSR count). The highest BCUT2D eigenvalue weighted by Crippen LogP contribution is 2.34. The summed E-state index contributed by atoms with van der Waals surface area (Å²) >= 11 is 1.16. The van der Waals surface area contributed by atoms with Crippen molar-refractivity contribution in [3.05, 3.63) is 58.4 Å². The number of hydrogen-bond donors (Lipinski definition) is 1. The Bertz CT molecular complexity index is 819. The van der Waals surface area contributed by atoms with Crippen LogP contribution < -0.4 is 0 Å². The lowest BCUT2D eigenvalue weighted by Crippen LogP contribution is -1.92. The van der Waals surface area contributed by atoms with Gasteiger partial charge in [0.1, 0.15) is 0 Å². The van der Waals surface area contributed by atoms with Crippen LogP contribution in [-0.4, -0.2) is 25.1 Å². The van der Waals surface area contributed by atoms with Crippen molar-refractivity contribution in [1.29, 1.82) is 0 Å². The van der Waals surface area contributed by atoms with Gasteiger partial charge >= 0.3 is 0 Å². The van der Waals surface area contributed by atoms with Gasteiger partial charge in [-0.25, -0.2) is 4.98 Å². The second-order valence-electron chi connectivity index (χ2n) is 4.53. The first-order chi connectivity index (χ1) is 10.6. The molecule has 0 atom stereocenters. The molecule has 0 aliphatic heterocycles. The largest absolute Gasteiger partial charge is 0.283 e. The fraction of sp³-hybridized carbons (Fsp3) is 0.0714. The topological polar surface area (TPSA) is 97.6 Å². The van der Waals surface area contributed by atoms with Gasteiger partial charge in [-0.2, -0.15) is 0 Å². The second kappa shape index (κ2) is 5.94. The van der Waals surface area contributed by atoms with Crippen molar-refractivity contribution in [2.75, 3.05) is 0 Å². The van der Waals surface area contributed by atoms with Crippen LogP contribution in [0, 0.1) is 17.0 Å². The minimum Gasteiger partial charge on any atom is -0.265 e. The fourth-order valence-electron chi connectivity index (χ4n) is 1.89. The standard InChI is InChI=1S/C14H11N5O2S/c1-9-2-3-12(11(8-9)19(20)21)22-14-16-13(17-18-14)10-4-6-15-7-5-10/h2-8H,1H3,(H,16,17,18). The monoisotopic (exact) mass is 313 g/mol. The number of benzene rings is 1. The van der Waals surface area contributed by atoms with E-state index in [1.807, 2.05) is 25.1 Å². The lowest BCUT2D eigenvalue weighted by Gasteiger charge is -2.00. The van der Waals surface area contributed by atoms with Crippen LogP contribution in [0.3, 0.4) is 0 Å². The van der Waals surface area contributed by atoms with Crippen LogP contribution in [0.5, 0.6) is 0 Å². The minimum atomic E-state index is -0.397. The molecule has 0 radical (unpaired) electrons. The van der Waals surface area contributed by atoms with Gasteiger partial charge in [0, 0.05) is 24.0 Å². The molecule has 2 heterocycles. The number of aromatic amines is 1. The van der Waals surface area contributed by atoms with Gasteiger partial charge in [0.2, 0.25) is 5.16 Å². The third-order valence-electron chi connectivity index (χ3n) is 2.93. The maximum atomic E-state index is 11.1. The van der Waals surface area contributed by atoms with Crippen molar-refractivity contribution in [3.8, 4) is 11.4 Å². The summed E-state index contributed by atoms with van der Waals surface area (Å²) in [6, 6.07) is 8.69. The fourth-order valence-corrected chi connectivity index (χ4v) is 2.68. The summed E-state index contributed by atoms with van der Waals surface area (Å²) in [6.07, 6.45) is 3.32. The van der Waals surface area contributed by atoms with E-state index in [4.69, 9.17) is 0 Å². The Balaban J connectivity index is 1.89. The highest BCUT2D eigenvalue weighted by Gasteiger charge is 2.17. The molecule has 8 heteroatoms. The lowest BCUT2D eigenvalue weighted by atomic mass is 10.2. The summed E-state index contributed by atoms with van der Waals surface area (Å²) in [6.45, 7) is 1.82. The zero-order valence-electron chi connectivity index (χ0n) is 11.6. The summed E-state index contributed by atoms with van der Waals surface area (Å²) in [4.78, 5) is 19.5. The molecule has 1 N–H and O–H groups in total. The van der Waals surface area contributed by atoms with E-state index in [2.05, 4.69) is 20.2 Å². The molecule has 0 fully saturated rings. The first kappa shape index (κ1) is 14.2. The highest BCUT2D eigenvalue weighted by molar-refractivity contribution is 7.99. The number of aryl methyl sites for hydroxylation is 1. The number of pyridine rings is 1. The molecule has 0 amide bonds. The number of nitro benzene ring substituents is 1. The molecule has 110 valence electrons. The van der Waals surface area contributed by atoms with Crippen LogP contribution in [0.25, 0.3) is 11.4 Å². The van der Waals surface area contributed by atoms with Crippen LogP contribution in [-0.2, 0) is 0 Å². The maximum Gasteiger partial charge on any atom is 0.283 e. The first-order valence-corrected chi connectivity index (χ1v) is 7.21. The Morgan fingerprint density at radius 3 is 2.73 bits per heavy atom. The number of aromatic nitrogens is 4. The van der Waals surface area contributed by atoms with E-state index in [-0.39, 0.29) is 5.69 Å². The van der Waals surface area contributed by atoms with Crippen LogP contribution in [0.2, 0.25) is 0 Å². The van der Waals surface area contributed by atoms with E-state index < -0.39 is 4.92 Å². The SMILES string of the molecule is Cc1ccc(Sc2n[nH]c(-c3ccncc3)n2)c([N+](=O)[O-])c1. The van der Waals surface area contributed by atoms with Crippen LogP contribution in [0.15, 0.2) is 52.8 Å². The smallest absolute Gasteiger partial charge is 0.265 e. The molecule has 0 saturated heterocycles. The van der Waals surface area contributed by atoms with Crippen molar-refractivity contribution in [2.45, 2.75) is 17.0 Å². The van der Waals surface area contributed by atoms with E-state index in [1.54, 1.807) is 24.5 Å². The number of H-pyrrole nitrogens is 1. The predicted octanol–water partition coefficient (Wildman–Crippen LogP) is 3.23. The molecule has 0 aliphatic carbocycles. The average Bonchev–Trinajstić information content (AvgIpc) is 2.98. The summed E-state index contributed by atoms with van der Waals surface area (Å²) in [5, 5.41) is 18.5. The Kier molecular flexibility index (Phi) is 3.84. The van der Waals surface area contributed by atoms with E-state index in [0.717, 1.165) is 22.9 Å². The zero-order valence-corrected chi connectivity index (χ0v) is 12.4. The van der Waals surface area contributed by atoms with Gasteiger partial charge in [-0.15, -0.1) is 5.10 Å². The van der Waals surface area contributed by atoms with Crippen LogP contribution in [0.4, 0.5) is 5.69 Å². The van der Waals surface area contributed by atoms with Gasteiger partial charge < -0.3 is 0 Å². The molecule has 7 nitrogen and oxygen atoms in total. The van der Waals surface area contributed by atoms with E-state index in [1.165, 1.54) is 0 Å². The molecular weight excluding hydrogens is 302 g/mol. The van der Waals surface area contributed by atoms with Crippen molar-refractivity contribution in [3.63, 3.8) is 0 Å². The molecule has 0 saturated carbocycles. The Labute approximate surface area is 130 Å². The molecule has 0 unspecified atom stereocenters. The third-order valence-corrected chi connectivity index (χ3v) is 3.86. The van der Waals surface area contributed by atoms with E-state index in [0.29, 0.717) is 15.9 Å². The number of nitrogens with zero attached hydrogens (tertiary/aromatic N) is 4. The van der Waals surface area contributed by atoms with Gasteiger partial charge in [0.25, 0.3) is 5.69 Å². The van der Waals surface area contributed by atoms with E-state index in [9.17, 15) is 10.1 Å². The highest BCUT2D eigenvalue weighted by atomic mass is 32.2. The number of hydrogen-bond acceptors (Lipinski definition) is 6. The maximum absolute atomic E-state index is 11.1. The van der Waals surface area contributed by atoms with Gasteiger partial charge in [0.05, 0.1) is 9.82 Å². The Hall–Kier alpha value is -2.74. The summed E-state index contributed by atoms with van der Waals surface area (Å²) in [7, 11) is 0. The quantitative estimate of drug-likeness (QED) is 0.586. The number of rotatable bonds is 4. The van der Waals surface area contributed by atoms with Crippen molar-refractivity contribution < 1.29 is 4.92 Å². The number of nitrogens with one attached hydrogen (secondary N) is 1. The van der Waals surface area contributed by atoms with Crippen LogP contribution >= 0.6 is 11.8 Å². The Morgan fingerprint density at radius 1 is 1.23 bits per heavy atom. The molecule has 1 aromatic carbocycles.